The number of hydrogen-bond donors (Lipinski definition) is 2. The van der Waals surface area contributed by atoms with Crippen molar-refractivity contribution in [3.8, 4) is 0 Å². The highest BCUT2D eigenvalue weighted by Gasteiger charge is 2.12. The maximum Gasteiger partial charge on any atom is 0.308 e. The summed E-state index contributed by atoms with van der Waals surface area (Å²) in [6, 6.07) is 6.31. The number of anilines is 1. The predicted octanol–water partition coefficient (Wildman–Crippen LogP) is 1.61. The molecule has 0 fully saturated rings. The van der Waals surface area contributed by atoms with Crippen molar-refractivity contribution in [1.82, 2.24) is 0 Å². The van der Waals surface area contributed by atoms with Crippen molar-refractivity contribution in [2.24, 2.45) is 5.92 Å². The van der Waals surface area contributed by atoms with E-state index in [0.29, 0.717) is 12.2 Å². The minimum atomic E-state index is -3.18. The van der Waals surface area contributed by atoms with Crippen molar-refractivity contribution in [3.05, 3.63) is 24.3 Å². The smallest absolute Gasteiger partial charge is 0.308 e. The average molecular weight is 271 g/mol. The van der Waals surface area contributed by atoms with Crippen LogP contribution in [0.5, 0.6) is 0 Å². The first-order valence-electron chi connectivity index (χ1n) is 5.66. The molecule has 1 aromatic rings. The van der Waals surface area contributed by atoms with Crippen LogP contribution in [0, 0.1) is 5.92 Å². The van der Waals surface area contributed by atoms with E-state index < -0.39 is 21.7 Å². The molecule has 0 saturated heterocycles. The lowest BCUT2D eigenvalue weighted by Crippen LogP contribution is -2.19. The van der Waals surface area contributed by atoms with Crippen LogP contribution in [0.2, 0.25) is 0 Å². The summed E-state index contributed by atoms with van der Waals surface area (Å²) in [5.41, 5.74) is 0.707. The lowest BCUT2D eigenvalue weighted by Gasteiger charge is -2.10. The van der Waals surface area contributed by atoms with Crippen molar-refractivity contribution in [3.63, 3.8) is 0 Å². The molecule has 0 aliphatic heterocycles. The number of carboxylic acid groups (broad SMARTS) is 1. The zero-order valence-corrected chi connectivity index (χ0v) is 11.2. The van der Waals surface area contributed by atoms with Crippen LogP contribution in [-0.4, -0.2) is 31.8 Å². The number of benzene rings is 1. The molecule has 1 unspecified atom stereocenters. The Morgan fingerprint density at radius 3 is 2.33 bits per heavy atom. The van der Waals surface area contributed by atoms with Crippen LogP contribution in [0.4, 0.5) is 5.69 Å². The molecule has 100 valence electrons. The standard InChI is InChI=1S/C12H17NO4S/c1-3-18(16,17)11-6-4-10(5-7-11)13-8-9(2)12(14)15/h4-7,9,13H,3,8H2,1-2H3,(H,14,15). The largest absolute Gasteiger partial charge is 0.481 e. The minimum Gasteiger partial charge on any atom is -0.481 e. The molecule has 0 amide bonds. The number of carbonyl (C=O) groups is 1. The van der Waals surface area contributed by atoms with E-state index >= 15 is 0 Å². The van der Waals surface area contributed by atoms with Gasteiger partial charge in [-0.25, -0.2) is 8.42 Å². The number of nitrogens with one attached hydrogen (secondary N) is 1. The van der Waals surface area contributed by atoms with Crippen LogP contribution in [0.15, 0.2) is 29.2 Å². The van der Waals surface area contributed by atoms with Crippen LogP contribution >= 0.6 is 0 Å². The van der Waals surface area contributed by atoms with E-state index in [9.17, 15) is 13.2 Å². The molecule has 0 bridgehead atoms. The van der Waals surface area contributed by atoms with Gasteiger partial charge < -0.3 is 10.4 Å². The zero-order chi connectivity index (χ0) is 13.8. The normalized spacial score (nSPS) is 13.0. The third-order valence-electron chi connectivity index (χ3n) is 2.63. The summed E-state index contributed by atoms with van der Waals surface area (Å²) in [4.78, 5) is 10.9. The van der Waals surface area contributed by atoms with E-state index in [0.717, 1.165) is 0 Å². The van der Waals surface area contributed by atoms with Gasteiger partial charge in [-0.3, -0.25) is 4.79 Å². The second kappa shape index (κ2) is 5.86. The van der Waals surface area contributed by atoms with Crippen LogP contribution in [0.25, 0.3) is 0 Å². The molecule has 0 spiro atoms. The topological polar surface area (TPSA) is 83.5 Å². The number of sulfone groups is 1. The zero-order valence-electron chi connectivity index (χ0n) is 10.4. The summed E-state index contributed by atoms with van der Waals surface area (Å²) in [6.45, 7) is 3.50. The highest BCUT2D eigenvalue weighted by Crippen LogP contribution is 2.15. The van der Waals surface area contributed by atoms with Gasteiger partial charge in [0.2, 0.25) is 0 Å². The fourth-order valence-corrected chi connectivity index (χ4v) is 2.19. The van der Waals surface area contributed by atoms with Gasteiger partial charge in [-0.2, -0.15) is 0 Å². The molecule has 1 rings (SSSR count). The van der Waals surface area contributed by atoms with Crippen molar-refractivity contribution in [1.29, 1.82) is 0 Å². The summed E-state index contributed by atoms with van der Waals surface area (Å²) >= 11 is 0. The lowest BCUT2D eigenvalue weighted by atomic mass is 10.2. The fourth-order valence-electron chi connectivity index (χ4n) is 1.31. The number of rotatable bonds is 6. The molecule has 0 radical (unpaired) electrons. The van der Waals surface area contributed by atoms with Crippen LogP contribution in [0.1, 0.15) is 13.8 Å². The van der Waals surface area contributed by atoms with Gasteiger partial charge in [-0.1, -0.05) is 13.8 Å². The molecule has 6 heteroatoms. The Morgan fingerprint density at radius 2 is 1.89 bits per heavy atom. The van der Waals surface area contributed by atoms with Crippen molar-refractivity contribution in [2.45, 2.75) is 18.7 Å². The molecule has 2 N–H and O–H groups in total. The van der Waals surface area contributed by atoms with Gasteiger partial charge >= 0.3 is 5.97 Å². The van der Waals surface area contributed by atoms with Gasteiger partial charge in [0.15, 0.2) is 9.84 Å². The molecular formula is C12H17NO4S. The molecule has 1 aromatic carbocycles. The Hall–Kier alpha value is -1.56. The summed E-state index contributed by atoms with van der Waals surface area (Å²) in [7, 11) is -3.18. The van der Waals surface area contributed by atoms with Crippen LogP contribution < -0.4 is 5.32 Å². The molecular weight excluding hydrogens is 254 g/mol. The Bertz CT molecular complexity index is 507. The third kappa shape index (κ3) is 3.73. The summed E-state index contributed by atoms with van der Waals surface area (Å²) in [6.07, 6.45) is 0. The maximum absolute atomic E-state index is 11.6. The lowest BCUT2D eigenvalue weighted by molar-refractivity contribution is -0.140. The van der Waals surface area contributed by atoms with Gasteiger partial charge in [0, 0.05) is 12.2 Å². The molecule has 18 heavy (non-hydrogen) atoms. The van der Waals surface area contributed by atoms with E-state index in [2.05, 4.69) is 5.32 Å². The van der Waals surface area contributed by atoms with Gasteiger partial charge in [0.25, 0.3) is 0 Å². The molecule has 0 aliphatic carbocycles. The highest BCUT2D eigenvalue weighted by atomic mass is 32.2. The second-order valence-corrected chi connectivity index (χ2v) is 6.33. The van der Waals surface area contributed by atoms with E-state index in [1.165, 1.54) is 12.1 Å². The maximum atomic E-state index is 11.6. The van der Waals surface area contributed by atoms with E-state index in [1.807, 2.05) is 0 Å². The quantitative estimate of drug-likeness (QED) is 0.821. The Labute approximate surface area is 107 Å². The third-order valence-corrected chi connectivity index (χ3v) is 4.38. The highest BCUT2D eigenvalue weighted by molar-refractivity contribution is 7.91. The molecule has 1 atom stereocenters. The SMILES string of the molecule is CCS(=O)(=O)c1ccc(NCC(C)C(=O)O)cc1. The molecule has 0 heterocycles. The molecule has 0 saturated carbocycles. The van der Waals surface area contributed by atoms with Crippen molar-refractivity contribution >= 4 is 21.5 Å². The first-order chi connectivity index (χ1) is 8.36. The van der Waals surface area contributed by atoms with Crippen LogP contribution in [0.3, 0.4) is 0 Å². The monoisotopic (exact) mass is 271 g/mol. The minimum absolute atomic E-state index is 0.0653. The van der Waals surface area contributed by atoms with Gasteiger partial charge in [-0.05, 0) is 24.3 Å². The number of aliphatic carboxylic acids is 1. The fraction of sp³-hybridized carbons (Fsp3) is 0.417. The Morgan fingerprint density at radius 1 is 1.33 bits per heavy atom. The Kier molecular flexibility index (Phi) is 4.72. The number of carboxylic acids is 1. The van der Waals surface area contributed by atoms with E-state index in [4.69, 9.17) is 5.11 Å². The van der Waals surface area contributed by atoms with Crippen molar-refractivity contribution < 1.29 is 18.3 Å². The predicted molar refractivity (Wildman–Crippen MR) is 69.5 cm³/mol. The summed E-state index contributed by atoms with van der Waals surface area (Å²) in [5.74, 6) is -1.30. The number of hydrogen-bond acceptors (Lipinski definition) is 4. The summed E-state index contributed by atoms with van der Waals surface area (Å²) < 4.78 is 23.1. The molecule has 5 nitrogen and oxygen atoms in total. The first kappa shape index (κ1) is 14.5. The van der Waals surface area contributed by atoms with Gasteiger partial charge in [-0.15, -0.1) is 0 Å². The second-order valence-electron chi connectivity index (χ2n) is 4.05. The molecule has 0 aliphatic rings. The van der Waals surface area contributed by atoms with E-state index in [1.54, 1.807) is 26.0 Å². The Balaban J connectivity index is 2.70. The van der Waals surface area contributed by atoms with Gasteiger partial charge in [0.1, 0.15) is 0 Å². The molecule has 0 aromatic heterocycles. The van der Waals surface area contributed by atoms with E-state index in [-0.39, 0.29) is 10.6 Å². The average Bonchev–Trinajstić information content (AvgIpc) is 2.36. The first-order valence-corrected chi connectivity index (χ1v) is 7.31. The van der Waals surface area contributed by atoms with Crippen molar-refractivity contribution in [2.75, 3.05) is 17.6 Å². The summed E-state index contributed by atoms with van der Waals surface area (Å²) in [5, 5.41) is 11.7. The van der Waals surface area contributed by atoms with Crippen LogP contribution in [-0.2, 0) is 14.6 Å². The van der Waals surface area contributed by atoms with Gasteiger partial charge in [0.05, 0.1) is 16.6 Å².